The third-order valence-corrected chi connectivity index (χ3v) is 3.36. The molecule has 0 spiro atoms. The van der Waals surface area contributed by atoms with E-state index in [0.717, 1.165) is 18.1 Å². The normalized spacial score (nSPS) is 14.8. The molecule has 0 saturated heterocycles. The zero-order valence-corrected chi connectivity index (χ0v) is 12.9. The van der Waals surface area contributed by atoms with Crippen LogP contribution in [0.3, 0.4) is 0 Å². The summed E-state index contributed by atoms with van der Waals surface area (Å²) in [6.45, 7) is 16.1. The van der Waals surface area contributed by atoms with Crippen LogP contribution >= 0.6 is 0 Å². The molecule has 1 heterocycles. The van der Waals surface area contributed by atoms with Crippen molar-refractivity contribution in [2.24, 2.45) is 11.3 Å². The molecule has 3 nitrogen and oxygen atoms in total. The van der Waals surface area contributed by atoms with Gasteiger partial charge in [-0.25, -0.2) is 4.98 Å². The highest BCUT2D eigenvalue weighted by molar-refractivity contribution is 4.97. The fourth-order valence-electron chi connectivity index (χ4n) is 1.47. The number of aromatic nitrogens is 1. The second kappa shape index (κ2) is 5.43. The van der Waals surface area contributed by atoms with Crippen molar-refractivity contribution in [2.75, 3.05) is 0 Å². The summed E-state index contributed by atoms with van der Waals surface area (Å²) < 4.78 is 5.77. The Kier molecular flexibility index (Phi) is 4.60. The third-order valence-electron chi connectivity index (χ3n) is 3.36. The number of nitrogens with zero attached hydrogens (tertiary/aromatic N) is 1. The maximum atomic E-state index is 5.77. The van der Waals surface area contributed by atoms with Crippen LogP contribution in [0.4, 0.5) is 0 Å². The zero-order valence-electron chi connectivity index (χ0n) is 12.9. The van der Waals surface area contributed by atoms with Crippen molar-refractivity contribution in [1.82, 2.24) is 10.3 Å². The largest absolute Gasteiger partial charge is 0.444 e. The van der Waals surface area contributed by atoms with Gasteiger partial charge in [-0.1, -0.05) is 27.7 Å². The Morgan fingerprint density at radius 1 is 1.22 bits per heavy atom. The van der Waals surface area contributed by atoms with Crippen LogP contribution in [0.1, 0.15) is 60.1 Å². The maximum Gasteiger partial charge on any atom is 0.208 e. The molecule has 1 rings (SSSR count). The molecule has 3 heteroatoms. The summed E-state index contributed by atoms with van der Waals surface area (Å²) in [6, 6.07) is 0. The van der Waals surface area contributed by atoms with Crippen LogP contribution in [-0.2, 0) is 13.0 Å². The van der Waals surface area contributed by atoms with E-state index in [1.165, 1.54) is 0 Å². The molecule has 0 aliphatic rings. The monoisotopic (exact) mass is 252 g/mol. The molecule has 0 aromatic carbocycles. The van der Waals surface area contributed by atoms with Crippen molar-refractivity contribution < 1.29 is 4.42 Å². The topological polar surface area (TPSA) is 38.1 Å². The maximum absolute atomic E-state index is 5.77. The number of hydrogen-bond donors (Lipinski definition) is 1. The van der Waals surface area contributed by atoms with E-state index in [1.54, 1.807) is 0 Å². The standard InChI is InChI=1S/C15H28N2O/c1-11(14(2,3)4)8-12-9-16-13(18-12)10-17-15(5,6)7/h9,11,17H,8,10H2,1-7H3. The summed E-state index contributed by atoms with van der Waals surface area (Å²) in [7, 11) is 0. The van der Waals surface area contributed by atoms with Gasteiger partial charge in [0.2, 0.25) is 5.89 Å². The Hall–Kier alpha value is -0.830. The van der Waals surface area contributed by atoms with Crippen LogP contribution < -0.4 is 5.32 Å². The predicted octanol–water partition coefficient (Wildman–Crippen LogP) is 3.79. The fourth-order valence-corrected chi connectivity index (χ4v) is 1.47. The van der Waals surface area contributed by atoms with Gasteiger partial charge < -0.3 is 9.73 Å². The van der Waals surface area contributed by atoms with Crippen molar-refractivity contribution in [1.29, 1.82) is 0 Å². The second-order valence-electron chi connectivity index (χ2n) is 7.30. The van der Waals surface area contributed by atoms with Crippen LogP contribution in [0.2, 0.25) is 0 Å². The lowest BCUT2D eigenvalue weighted by Gasteiger charge is -2.26. The Labute approximate surface area is 111 Å². The number of rotatable bonds is 4. The van der Waals surface area contributed by atoms with Gasteiger partial charge in [0.25, 0.3) is 0 Å². The van der Waals surface area contributed by atoms with Gasteiger partial charge >= 0.3 is 0 Å². The van der Waals surface area contributed by atoms with E-state index in [9.17, 15) is 0 Å². The van der Waals surface area contributed by atoms with Crippen LogP contribution in [0, 0.1) is 11.3 Å². The SMILES string of the molecule is CC(Cc1cnc(CNC(C)(C)C)o1)C(C)(C)C. The van der Waals surface area contributed by atoms with Gasteiger partial charge in [0, 0.05) is 12.0 Å². The molecule has 1 atom stereocenters. The number of nitrogens with one attached hydrogen (secondary N) is 1. The van der Waals surface area contributed by atoms with Crippen molar-refractivity contribution in [3.05, 3.63) is 17.8 Å². The molecule has 1 N–H and O–H groups in total. The molecule has 0 amide bonds. The van der Waals surface area contributed by atoms with E-state index in [4.69, 9.17) is 4.42 Å². The van der Waals surface area contributed by atoms with Crippen molar-refractivity contribution in [3.8, 4) is 0 Å². The van der Waals surface area contributed by atoms with E-state index >= 15 is 0 Å². The lowest BCUT2D eigenvalue weighted by atomic mass is 9.80. The van der Waals surface area contributed by atoms with E-state index in [2.05, 4.69) is 58.8 Å². The minimum absolute atomic E-state index is 0.0906. The van der Waals surface area contributed by atoms with Gasteiger partial charge in [0.05, 0.1) is 12.7 Å². The fraction of sp³-hybridized carbons (Fsp3) is 0.800. The van der Waals surface area contributed by atoms with Crippen molar-refractivity contribution in [2.45, 2.75) is 67.0 Å². The van der Waals surface area contributed by atoms with Crippen molar-refractivity contribution >= 4 is 0 Å². The smallest absolute Gasteiger partial charge is 0.208 e. The summed E-state index contributed by atoms with van der Waals surface area (Å²) in [4.78, 5) is 4.33. The Bertz CT molecular complexity index is 369. The molecule has 0 aliphatic carbocycles. The molecule has 18 heavy (non-hydrogen) atoms. The van der Waals surface area contributed by atoms with E-state index < -0.39 is 0 Å². The summed E-state index contributed by atoms with van der Waals surface area (Å²) >= 11 is 0. The molecule has 0 bridgehead atoms. The quantitative estimate of drug-likeness (QED) is 0.886. The van der Waals surface area contributed by atoms with Gasteiger partial charge in [-0.2, -0.15) is 0 Å². The Balaban J connectivity index is 2.54. The van der Waals surface area contributed by atoms with Crippen LogP contribution in [0.5, 0.6) is 0 Å². The molecule has 1 unspecified atom stereocenters. The lowest BCUT2D eigenvalue weighted by molar-refractivity contribution is 0.245. The highest BCUT2D eigenvalue weighted by atomic mass is 16.4. The highest BCUT2D eigenvalue weighted by Gasteiger charge is 2.21. The predicted molar refractivity (Wildman–Crippen MR) is 75.4 cm³/mol. The van der Waals surface area contributed by atoms with E-state index in [-0.39, 0.29) is 5.54 Å². The van der Waals surface area contributed by atoms with E-state index in [1.807, 2.05) is 6.20 Å². The molecule has 0 aliphatic heterocycles. The number of hydrogen-bond acceptors (Lipinski definition) is 3. The summed E-state index contributed by atoms with van der Waals surface area (Å²) in [6.07, 6.45) is 2.81. The molecule has 1 aromatic heterocycles. The van der Waals surface area contributed by atoms with Gasteiger partial charge in [-0.05, 0) is 32.1 Å². The molecule has 0 radical (unpaired) electrons. The summed E-state index contributed by atoms with van der Waals surface area (Å²) in [5.41, 5.74) is 0.393. The average molecular weight is 252 g/mol. The first kappa shape index (κ1) is 15.2. The van der Waals surface area contributed by atoms with Crippen LogP contribution in [0.25, 0.3) is 0 Å². The molecule has 104 valence electrons. The zero-order chi connectivity index (χ0) is 14.0. The first-order chi connectivity index (χ1) is 8.08. The Morgan fingerprint density at radius 3 is 2.33 bits per heavy atom. The summed E-state index contributed by atoms with van der Waals surface area (Å²) in [5.74, 6) is 2.35. The van der Waals surface area contributed by atoms with Gasteiger partial charge in [0.1, 0.15) is 5.76 Å². The molecule has 1 aromatic rings. The molecule has 0 saturated carbocycles. The van der Waals surface area contributed by atoms with Gasteiger partial charge in [-0.3, -0.25) is 0 Å². The Morgan fingerprint density at radius 2 is 1.83 bits per heavy atom. The molecular formula is C15H28N2O. The van der Waals surface area contributed by atoms with E-state index in [0.29, 0.717) is 17.9 Å². The van der Waals surface area contributed by atoms with Gasteiger partial charge in [0.15, 0.2) is 0 Å². The highest BCUT2D eigenvalue weighted by Crippen LogP contribution is 2.28. The van der Waals surface area contributed by atoms with Crippen molar-refractivity contribution in [3.63, 3.8) is 0 Å². The molecule has 0 fully saturated rings. The average Bonchev–Trinajstić information content (AvgIpc) is 2.60. The number of oxazole rings is 1. The second-order valence-corrected chi connectivity index (χ2v) is 7.30. The van der Waals surface area contributed by atoms with Crippen LogP contribution in [-0.4, -0.2) is 10.5 Å². The minimum Gasteiger partial charge on any atom is -0.444 e. The van der Waals surface area contributed by atoms with Gasteiger partial charge in [-0.15, -0.1) is 0 Å². The minimum atomic E-state index is 0.0906. The lowest BCUT2D eigenvalue weighted by Crippen LogP contribution is -2.35. The third kappa shape index (κ3) is 5.21. The molecular weight excluding hydrogens is 224 g/mol. The first-order valence-electron chi connectivity index (χ1n) is 6.76. The summed E-state index contributed by atoms with van der Waals surface area (Å²) in [5, 5.41) is 3.38. The first-order valence-corrected chi connectivity index (χ1v) is 6.76. The van der Waals surface area contributed by atoms with Crippen LogP contribution in [0.15, 0.2) is 10.6 Å².